The molecule has 0 saturated heterocycles. The van der Waals surface area contributed by atoms with Gasteiger partial charge in [-0.2, -0.15) is 0 Å². The Morgan fingerprint density at radius 1 is 1.47 bits per heavy atom. The molecule has 1 aromatic carbocycles. The van der Waals surface area contributed by atoms with Crippen molar-refractivity contribution in [3.05, 3.63) is 24.3 Å². The van der Waals surface area contributed by atoms with Crippen LogP contribution >= 0.6 is 0 Å². The van der Waals surface area contributed by atoms with Crippen molar-refractivity contribution in [2.45, 2.75) is 23.8 Å². The Morgan fingerprint density at radius 2 is 2.18 bits per heavy atom. The first-order valence-electron chi connectivity index (χ1n) is 5.95. The van der Waals surface area contributed by atoms with Gasteiger partial charge < -0.3 is 10.1 Å². The lowest BCUT2D eigenvalue weighted by atomic mass is 10.2. The SMILES string of the molecule is CNC(CS(=O)c1ccccc1OC)C1CC1. The lowest BCUT2D eigenvalue weighted by Gasteiger charge is -2.15. The first-order valence-corrected chi connectivity index (χ1v) is 7.26. The summed E-state index contributed by atoms with van der Waals surface area (Å²) in [6.45, 7) is 0. The summed E-state index contributed by atoms with van der Waals surface area (Å²) < 4.78 is 17.6. The summed E-state index contributed by atoms with van der Waals surface area (Å²) in [5, 5.41) is 3.27. The first-order chi connectivity index (χ1) is 8.26. The van der Waals surface area contributed by atoms with Crippen molar-refractivity contribution in [1.29, 1.82) is 0 Å². The molecule has 1 fully saturated rings. The second-order valence-corrected chi connectivity index (χ2v) is 5.86. The number of hydrogen-bond acceptors (Lipinski definition) is 3. The van der Waals surface area contributed by atoms with Gasteiger partial charge in [-0.1, -0.05) is 12.1 Å². The maximum Gasteiger partial charge on any atom is 0.134 e. The molecule has 4 heteroatoms. The number of benzene rings is 1. The normalized spacial score (nSPS) is 18.7. The van der Waals surface area contributed by atoms with Gasteiger partial charge in [0, 0.05) is 11.8 Å². The summed E-state index contributed by atoms with van der Waals surface area (Å²) in [6, 6.07) is 7.91. The second kappa shape index (κ2) is 5.65. The Labute approximate surface area is 105 Å². The number of hydrogen-bond donors (Lipinski definition) is 1. The van der Waals surface area contributed by atoms with E-state index in [1.807, 2.05) is 31.3 Å². The maximum atomic E-state index is 12.3. The van der Waals surface area contributed by atoms with E-state index >= 15 is 0 Å². The molecule has 0 heterocycles. The zero-order valence-electron chi connectivity index (χ0n) is 10.3. The highest BCUT2D eigenvalue weighted by atomic mass is 32.2. The van der Waals surface area contributed by atoms with E-state index in [-0.39, 0.29) is 0 Å². The second-order valence-electron chi connectivity index (χ2n) is 4.40. The van der Waals surface area contributed by atoms with Gasteiger partial charge in [0.2, 0.25) is 0 Å². The molecule has 1 aliphatic rings. The van der Waals surface area contributed by atoms with Crippen LogP contribution in [0.3, 0.4) is 0 Å². The average molecular weight is 253 g/mol. The highest BCUT2D eigenvalue weighted by Crippen LogP contribution is 2.33. The van der Waals surface area contributed by atoms with Crippen molar-refractivity contribution in [3.63, 3.8) is 0 Å². The van der Waals surface area contributed by atoms with Gasteiger partial charge in [0.05, 0.1) is 22.8 Å². The van der Waals surface area contributed by atoms with E-state index in [1.54, 1.807) is 7.11 Å². The Balaban J connectivity index is 2.07. The van der Waals surface area contributed by atoms with Gasteiger partial charge in [-0.05, 0) is 37.9 Å². The minimum absolute atomic E-state index is 0.362. The molecule has 94 valence electrons. The van der Waals surface area contributed by atoms with E-state index in [4.69, 9.17) is 4.74 Å². The van der Waals surface area contributed by atoms with E-state index in [2.05, 4.69) is 5.32 Å². The molecular formula is C13H19NO2S. The number of rotatable bonds is 6. The lowest BCUT2D eigenvalue weighted by Crippen LogP contribution is -2.33. The van der Waals surface area contributed by atoms with E-state index < -0.39 is 10.8 Å². The van der Waals surface area contributed by atoms with Gasteiger partial charge in [0.15, 0.2) is 0 Å². The van der Waals surface area contributed by atoms with Gasteiger partial charge in [0.25, 0.3) is 0 Å². The molecule has 3 nitrogen and oxygen atoms in total. The van der Waals surface area contributed by atoms with E-state index in [1.165, 1.54) is 12.8 Å². The molecule has 1 aliphatic carbocycles. The number of ether oxygens (including phenoxy) is 1. The van der Waals surface area contributed by atoms with E-state index in [0.29, 0.717) is 17.7 Å². The quantitative estimate of drug-likeness (QED) is 0.840. The highest BCUT2D eigenvalue weighted by Gasteiger charge is 2.31. The molecule has 0 spiro atoms. The third-order valence-electron chi connectivity index (χ3n) is 3.21. The fourth-order valence-corrected chi connectivity index (χ4v) is 3.56. The Hall–Kier alpha value is -0.870. The molecule has 1 N–H and O–H groups in total. The number of para-hydroxylation sites is 1. The van der Waals surface area contributed by atoms with Crippen LogP contribution in [0.4, 0.5) is 0 Å². The van der Waals surface area contributed by atoms with Crippen LogP contribution in [-0.2, 0) is 10.8 Å². The lowest BCUT2D eigenvalue weighted by molar-refractivity contribution is 0.404. The van der Waals surface area contributed by atoms with Crippen LogP contribution in [-0.4, -0.2) is 30.2 Å². The Bertz CT molecular complexity index is 404. The van der Waals surface area contributed by atoms with E-state index in [9.17, 15) is 4.21 Å². The van der Waals surface area contributed by atoms with Crippen LogP contribution in [0.15, 0.2) is 29.2 Å². The van der Waals surface area contributed by atoms with Crippen LogP contribution in [0.25, 0.3) is 0 Å². The highest BCUT2D eigenvalue weighted by molar-refractivity contribution is 7.85. The summed E-state index contributed by atoms with van der Waals surface area (Å²) in [5.41, 5.74) is 0. The molecule has 0 aromatic heterocycles. The molecule has 2 unspecified atom stereocenters. The third-order valence-corrected chi connectivity index (χ3v) is 4.70. The number of methoxy groups -OCH3 is 1. The molecule has 1 saturated carbocycles. The summed E-state index contributed by atoms with van der Waals surface area (Å²) in [6.07, 6.45) is 2.52. The monoisotopic (exact) mass is 253 g/mol. The molecule has 2 atom stereocenters. The molecule has 0 radical (unpaired) electrons. The van der Waals surface area contributed by atoms with Crippen molar-refractivity contribution >= 4 is 10.8 Å². The fourth-order valence-electron chi connectivity index (χ4n) is 2.01. The zero-order chi connectivity index (χ0) is 12.3. The van der Waals surface area contributed by atoms with Crippen molar-refractivity contribution < 1.29 is 8.95 Å². The van der Waals surface area contributed by atoms with Crippen molar-refractivity contribution in [2.75, 3.05) is 19.9 Å². The predicted molar refractivity (Wildman–Crippen MR) is 69.8 cm³/mol. The summed E-state index contributed by atoms with van der Waals surface area (Å²) in [4.78, 5) is 0.802. The number of nitrogens with one attached hydrogen (secondary N) is 1. The van der Waals surface area contributed by atoms with Crippen LogP contribution < -0.4 is 10.1 Å². The molecule has 2 rings (SSSR count). The topological polar surface area (TPSA) is 38.3 Å². The smallest absolute Gasteiger partial charge is 0.134 e. The maximum absolute atomic E-state index is 12.3. The Kier molecular flexibility index (Phi) is 4.18. The predicted octanol–water partition coefficient (Wildman–Crippen LogP) is 1.80. The molecular weight excluding hydrogens is 234 g/mol. The standard InChI is InChI=1S/C13H19NO2S/c1-14-11(10-7-8-10)9-17(15)13-6-4-3-5-12(13)16-2/h3-6,10-11,14H,7-9H2,1-2H3. The minimum Gasteiger partial charge on any atom is -0.495 e. The molecule has 17 heavy (non-hydrogen) atoms. The van der Waals surface area contributed by atoms with Crippen molar-refractivity contribution in [2.24, 2.45) is 5.92 Å². The van der Waals surface area contributed by atoms with Gasteiger partial charge in [0.1, 0.15) is 5.75 Å². The summed E-state index contributed by atoms with van der Waals surface area (Å²) in [7, 11) is 2.57. The van der Waals surface area contributed by atoms with E-state index in [0.717, 1.165) is 10.6 Å². The largest absolute Gasteiger partial charge is 0.495 e. The van der Waals surface area contributed by atoms with Gasteiger partial charge in [-0.3, -0.25) is 4.21 Å². The minimum atomic E-state index is -0.993. The van der Waals surface area contributed by atoms with Crippen LogP contribution in [0, 0.1) is 5.92 Å². The Morgan fingerprint density at radius 3 is 2.76 bits per heavy atom. The van der Waals surface area contributed by atoms with Crippen LogP contribution in [0.2, 0.25) is 0 Å². The summed E-state index contributed by atoms with van der Waals surface area (Å²) in [5.74, 6) is 2.09. The third kappa shape index (κ3) is 3.07. The molecule has 0 aliphatic heterocycles. The molecule has 0 amide bonds. The van der Waals surface area contributed by atoms with Crippen LogP contribution in [0.5, 0.6) is 5.75 Å². The fraction of sp³-hybridized carbons (Fsp3) is 0.538. The first kappa shape index (κ1) is 12.6. The van der Waals surface area contributed by atoms with Gasteiger partial charge in [-0.25, -0.2) is 0 Å². The molecule has 1 aromatic rings. The summed E-state index contributed by atoms with van der Waals surface area (Å²) >= 11 is 0. The average Bonchev–Trinajstić information content (AvgIpc) is 3.19. The van der Waals surface area contributed by atoms with Crippen LogP contribution in [0.1, 0.15) is 12.8 Å². The van der Waals surface area contributed by atoms with Gasteiger partial charge >= 0.3 is 0 Å². The van der Waals surface area contributed by atoms with Crippen molar-refractivity contribution in [3.8, 4) is 5.75 Å². The molecule has 0 bridgehead atoms. The zero-order valence-corrected chi connectivity index (χ0v) is 11.1. The van der Waals surface area contributed by atoms with Crippen molar-refractivity contribution in [1.82, 2.24) is 5.32 Å². The van der Waals surface area contributed by atoms with Gasteiger partial charge in [-0.15, -0.1) is 0 Å².